The van der Waals surface area contributed by atoms with Crippen molar-refractivity contribution in [2.45, 2.75) is 116 Å². The number of H-pyrrole nitrogens is 1. The Hall–Kier alpha value is -1.58. The number of fused-ring (bicyclic) bond motifs is 1. The molecule has 0 radical (unpaired) electrons. The number of carbonyl (C=O) groups excluding carboxylic acids is 1. The van der Waals surface area contributed by atoms with Crippen LogP contribution in [-0.2, 0) is 17.8 Å². The fraction of sp³-hybridized carbons (Fsp3) is 0.792. The average Bonchev–Trinajstić information content (AvgIpc) is 2.95. The highest BCUT2D eigenvalue weighted by atomic mass is 28.5. The van der Waals surface area contributed by atoms with Gasteiger partial charge in [-0.05, 0) is 29.1 Å². The van der Waals surface area contributed by atoms with E-state index in [-0.39, 0.29) is 34.7 Å². The number of aryl methyl sites for hydroxylation is 1. The summed E-state index contributed by atoms with van der Waals surface area (Å²) in [4.78, 5) is 42.1. The first-order valence-electron chi connectivity index (χ1n) is 12.9. The Bertz CT molecular complexity index is 1070. The van der Waals surface area contributed by atoms with Gasteiger partial charge in [0.05, 0.1) is 18.8 Å². The van der Waals surface area contributed by atoms with Gasteiger partial charge in [-0.15, -0.1) is 0 Å². The van der Waals surface area contributed by atoms with Gasteiger partial charge < -0.3 is 23.0 Å². The fourth-order valence-corrected chi connectivity index (χ4v) is 17.2. The number of amides is 1. The molecule has 2 N–H and O–H groups in total. The summed E-state index contributed by atoms with van der Waals surface area (Å²) in [6.07, 6.45) is -0.925. The van der Waals surface area contributed by atoms with Crippen molar-refractivity contribution in [1.82, 2.24) is 14.5 Å². The largest absolute Gasteiger partial charge is 0.414 e. The molecule has 0 unspecified atom stereocenters. The Morgan fingerprint density at radius 3 is 1.86 bits per heavy atom. The number of aromatic nitrogens is 2. The lowest BCUT2D eigenvalue weighted by Gasteiger charge is -2.47. The molecule has 36 heavy (non-hydrogen) atoms. The molecular formula is C24H43N3O7Si2. The van der Waals surface area contributed by atoms with Gasteiger partial charge in [-0.1, -0.05) is 55.4 Å². The first-order valence-corrected chi connectivity index (χ1v) is 16.9. The van der Waals surface area contributed by atoms with Crippen LogP contribution in [0.2, 0.25) is 22.2 Å². The van der Waals surface area contributed by atoms with Gasteiger partial charge in [0, 0.05) is 18.7 Å². The molecule has 3 heterocycles. The van der Waals surface area contributed by atoms with Gasteiger partial charge >= 0.3 is 22.8 Å². The second kappa shape index (κ2) is 10.3. The van der Waals surface area contributed by atoms with Crippen molar-refractivity contribution in [2.75, 3.05) is 6.61 Å². The van der Waals surface area contributed by atoms with Crippen LogP contribution in [0.4, 0.5) is 0 Å². The van der Waals surface area contributed by atoms with Gasteiger partial charge in [0.25, 0.3) is 5.56 Å². The maximum Gasteiger partial charge on any atom is 0.335 e. The van der Waals surface area contributed by atoms with Crippen LogP contribution in [-0.4, -0.2) is 67.4 Å². The van der Waals surface area contributed by atoms with Gasteiger partial charge in [-0.3, -0.25) is 19.1 Å². The van der Waals surface area contributed by atoms with E-state index < -0.39 is 52.8 Å². The molecular weight excluding hydrogens is 498 g/mol. The monoisotopic (exact) mass is 541 g/mol. The molecule has 0 spiro atoms. The van der Waals surface area contributed by atoms with E-state index in [9.17, 15) is 19.5 Å². The third-order valence-corrected chi connectivity index (χ3v) is 18.1. The number of hydrogen-bond acceptors (Lipinski definition) is 7. The van der Waals surface area contributed by atoms with Gasteiger partial charge in [-0.25, -0.2) is 4.79 Å². The van der Waals surface area contributed by atoms with Crippen LogP contribution in [0.1, 0.15) is 74.0 Å². The van der Waals surface area contributed by atoms with Gasteiger partial charge in [0.2, 0.25) is 5.91 Å². The predicted molar refractivity (Wildman–Crippen MR) is 141 cm³/mol. The number of nitrogens with one attached hydrogen (secondary N) is 1. The van der Waals surface area contributed by atoms with Crippen LogP contribution in [0, 0.1) is 6.92 Å². The Morgan fingerprint density at radius 2 is 1.44 bits per heavy atom. The standard InChI is InChI=1S/C24H43N3O7Si2/c1-13(2)35(14(3)4)32-20-19(12-28)27(18(10)29)23(26-11-17(9)22(30)25-24(26)31)21(20)33-36(34-35,15(5)6)16(7)8/h11,13-16,19-21,23,28H,12H2,1-10H3,(H,25,30,31)/t19-,20-,21-,23-/m1/s1. The Labute approximate surface area is 215 Å². The number of aliphatic hydroxyl groups excluding tert-OH is 1. The number of nitrogens with zero attached hydrogens (tertiary/aromatic N) is 2. The van der Waals surface area contributed by atoms with E-state index in [2.05, 4.69) is 60.4 Å². The van der Waals surface area contributed by atoms with Crippen LogP contribution in [0.25, 0.3) is 0 Å². The van der Waals surface area contributed by atoms with Crippen molar-refractivity contribution in [2.24, 2.45) is 0 Å². The molecule has 10 nitrogen and oxygen atoms in total. The summed E-state index contributed by atoms with van der Waals surface area (Å²) in [6.45, 7) is 19.4. The average molecular weight is 542 g/mol. The summed E-state index contributed by atoms with van der Waals surface area (Å²) in [5.74, 6) is -0.321. The molecule has 1 aromatic heterocycles. The van der Waals surface area contributed by atoms with Crippen LogP contribution in [0.3, 0.4) is 0 Å². The lowest BCUT2D eigenvalue weighted by Crippen LogP contribution is -2.61. The quantitative estimate of drug-likeness (QED) is 0.531. The molecule has 0 aliphatic carbocycles. The molecule has 2 aliphatic heterocycles. The van der Waals surface area contributed by atoms with Crippen molar-refractivity contribution in [1.29, 1.82) is 0 Å². The highest BCUT2D eigenvalue weighted by molar-refractivity contribution is 6.84. The summed E-state index contributed by atoms with van der Waals surface area (Å²) < 4.78 is 22.7. The molecule has 0 aromatic carbocycles. The number of rotatable bonds is 6. The molecule has 3 rings (SSSR count). The molecule has 204 valence electrons. The van der Waals surface area contributed by atoms with Crippen molar-refractivity contribution in [3.05, 3.63) is 32.6 Å². The first-order chi connectivity index (χ1) is 16.6. The Morgan fingerprint density at radius 1 is 0.972 bits per heavy atom. The molecule has 12 heteroatoms. The number of hydrogen-bond donors (Lipinski definition) is 2. The van der Waals surface area contributed by atoms with E-state index in [0.29, 0.717) is 5.56 Å². The summed E-state index contributed by atoms with van der Waals surface area (Å²) in [5.41, 5.74) is -0.546. The Balaban J connectivity index is 2.37. The SMILES string of the molecule is CC(=O)N1[C@H](CO)[C@H]2O[Si](C(C)C)(C(C)C)O[Si](C(C)C)(C(C)C)O[C@H]2[C@@H]1n1cc(C)c(=O)[nH]c1=O. The minimum Gasteiger partial charge on any atom is -0.414 e. The summed E-state index contributed by atoms with van der Waals surface area (Å²) in [7, 11) is -6.01. The molecule has 0 bridgehead atoms. The van der Waals surface area contributed by atoms with Gasteiger partial charge in [0.1, 0.15) is 12.3 Å². The number of aliphatic hydroxyl groups is 1. The minimum absolute atomic E-state index is 0.0536. The second-order valence-electron chi connectivity index (χ2n) is 11.4. The van der Waals surface area contributed by atoms with E-state index in [1.54, 1.807) is 6.92 Å². The maximum absolute atomic E-state index is 13.1. The van der Waals surface area contributed by atoms with E-state index in [0.717, 1.165) is 0 Å². The molecule has 1 aromatic rings. The highest BCUT2D eigenvalue weighted by Gasteiger charge is 2.66. The lowest BCUT2D eigenvalue weighted by molar-refractivity contribution is -0.136. The van der Waals surface area contributed by atoms with Gasteiger partial charge in [-0.2, -0.15) is 0 Å². The summed E-state index contributed by atoms with van der Waals surface area (Å²) in [5, 5.41) is 10.6. The molecule has 2 fully saturated rings. The van der Waals surface area contributed by atoms with Crippen LogP contribution < -0.4 is 11.2 Å². The molecule has 4 atom stereocenters. The normalized spacial score (nSPS) is 27.7. The van der Waals surface area contributed by atoms with Gasteiger partial charge in [0.15, 0.2) is 0 Å². The summed E-state index contributed by atoms with van der Waals surface area (Å²) in [6, 6.07) is -0.742. The Kier molecular flexibility index (Phi) is 8.29. The molecule has 2 aliphatic rings. The van der Waals surface area contributed by atoms with Crippen molar-refractivity contribution in [3.8, 4) is 0 Å². The first kappa shape index (κ1) is 29.0. The minimum atomic E-state index is -3.03. The third-order valence-electron chi connectivity index (χ3n) is 7.80. The van der Waals surface area contributed by atoms with E-state index in [4.69, 9.17) is 13.0 Å². The van der Waals surface area contributed by atoms with E-state index in [1.807, 2.05) is 0 Å². The predicted octanol–water partition coefficient (Wildman–Crippen LogP) is 2.89. The maximum atomic E-state index is 13.1. The molecule has 1 amide bonds. The van der Waals surface area contributed by atoms with Crippen molar-refractivity contribution >= 4 is 23.0 Å². The molecule has 0 saturated carbocycles. The number of likely N-dealkylation sites (tertiary alicyclic amines) is 1. The third kappa shape index (κ3) is 4.49. The number of carbonyl (C=O) groups is 1. The zero-order valence-electron chi connectivity index (χ0n) is 23.2. The zero-order valence-corrected chi connectivity index (χ0v) is 25.2. The van der Waals surface area contributed by atoms with Crippen LogP contribution in [0.15, 0.2) is 15.8 Å². The highest BCUT2D eigenvalue weighted by Crippen LogP contribution is 2.51. The number of aromatic amines is 1. The smallest absolute Gasteiger partial charge is 0.335 e. The second-order valence-corrected chi connectivity index (χ2v) is 20.2. The van der Waals surface area contributed by atoms with E-state index >= 15 is 0 Å². The zero-order chi connectivity index (χ0) is 27.3. The van der Waals surface area contributed by atoms with Crippen LogP contribution >= 0.6 is 0 Å². The lowest BCUT2D eigenvalue weighted by atomic mass is 10.1. The van der Waals surface area contributed by atoms with E-state index in [1.165, 1.54) is 22.6 Å². The van der Waals surface area contributed by atoms with Crippen LogP contribution in [0.5, 0.6) is 0 Å². The molecule has 2 saturated heterocycles. The van der Waals surface area contributed by atoms with Crippen molar-refractivity contribution in [3.63, 3.8) is 0 Å². The fourth-order valence-electron chi connectivity index (χ4n) is 5.93. The van der Waals surface area contributed by atoms with Crippen molar-refractivity contribution < 1.29 is 22.9 Å². The topological polar surface area (TPSA) is 123 Å². The summed E-state index contributed by atoms with van der Waals surface area (Å²) >= 11 is 0.